The molecule has 0 spiro atoms. The lowest BCUT2D eigenvalue weighted by Crippen LogP contribution is -2.28. The second kappa shape index (κ2) is 5.99. The number of carbonyl (C=O) groups excluding carboxylic acids is 1. The number of urea groups is 1. The minimum Gasteiger partial charge on any atom is -0.478 e. The first-order chi connectivity index (χ1) is 9.95. The van der Waals surface area contributed by atoms with Gasteiger partial charge < -0.3 is 20.3 Å². The molecule has 3 N–H and O–H groups in total. The molecular weight excluding hydrogens is 283 g/mol. The number of aromatic nitrogens is 2. The van der Waals surface area contributed by atoms with Crippen molar-refractivity contribution in [3.63, 3.8) is 0 Å². The Morgan fingerprint density at radius 1 is 1.43 bits per heavy atom. The van der Waals surface area contributed by atoms with E-state index in [1.54, 1.807) is 6.92 Å². The third kappa shape index (κ3) is 3.75. The Morgan fingerprint density at radius 3 is 2.76 bits per heavy atom. The summed E-state index contributed by atoms with van der Waals surface area (Å²) < 4.78 is 18.1. The number of amides is 2. The predicted octanol–water partition coefficient (Wildman–Crippen LogP) is 1.54. The van der Waals surface area contributed by atoms with Crippen molar-refractivity contribution >= 4 is 17.7 Å². The maximum absolute atomic E-state index is 13.4. The highest BCUT2D eigenvalue weighted by Crippen LogP contribution is 2.14. The summed E-state index contributed by atoms with van der Waals surface area (Å²) in [6.07, 6.45) is 0. The van der Waals surface area contributed by atoms with Crippen molar-refractivity contribution < 1.29 is 23.6 Å². The van der Waals surface area contributed by atoms with Crippen LogP contribution in [-0.2, 0) is 6.54 Å². The summed E-state index contributed by atoms with van der Waals surface area (Å²) in [6.45, 7) is 1.65. The normalized spacial score (nSPS) is 10.2. The number of carboxylic acids is 1. The van der Waals surface area contributed by atoms with Gasteiger partial charge in [0.05, 0.1) is 12.1 Å². The van der Waals surface area contributed by atoms with Crippen LogP contribution in [0.2, 0.25) is 0 Å². The summed E-state index contributed by atoms with van der Waals surface area (Å²) in [5, 5.41) is 17.1. The van der Waals surface area contributed by atoms with Gasteiger partial charge in [-0.15, -0.1) is 0 Å². The number of hydrogen-bond donors (Lipinski definition) is 3. The molecule has 0 fully saturated rings. The fourth-order valence-electron chi connectivity index (χ4n) is 1.51. The van der Waals surface area contributed by atoms with Gasteiger partial charge in [-0.2, -0.15) is 4.98 Å². The second-order valence-corrected chi connectivity index (χ2v) is 4.04. The Balaban J connectivity index is 1.93. The minimum atomic E-state index is -1.38. The Labute approximate surface area is 118 Å². The van der Waals surface area contributed by atoms with Crippen molar-refractivity contribution in [3.05, 3.63) is 41.3 Å². The van der Waals surface area contributed by atoms with Crippen LogP contribution in [0.3, 0.4) is 0 Å². The lowest BCUT2D eigenvalue weighted by molar-refractivity contribution is 0.0692. The molecule has 0 aliphatic carbocycles. The molecule has 8 nitrogen and oxygen atoms in total. The lowest BCUT2D eigenvalue weighted by atomic mass is 10.2. The van der Waals surface area contributed by atoms with Crippen molar-refractivity contribution in [1.82, 2.24) is 15.5 Å². The quantitative estimate of drug-likeness (QED) is 0.787. The number of carboxylic acid groups (broad SMARTS) is 1. The number of rotatable bonds is 4. The van der Waals surface area contributed by atoms with E-state index in [2.05, 4.69) is 20.8 Å². The monoisotopic (exact) mass is 294 g/mol. The van der Waals surface area contributed by atoms with Crippen molar-refractivity contribution in [2.45, 2.75) is 13.5 Å². The van der Waals surface area contributed by atoms with E-state index in [1.807, 2.05) is 0 Å². The van der Waals surface area contributed by atoms with Gasteiger partial charge in [0.1, 0.15) is 5.82 Å². The standard InChI is InChI=1S/C12H11FN4O4/c1-6-15-10(17-21-6)5-14-12(20)16-7-2-3-8(11(18)19)9(13)4-7/h2-4H,5H2,1H3,(H,18,19)(H2,14,16,20). The molecule has 1 aromatic carbocycles. The lowest BCUT2D eigenvalue weighted by Gasteiger charge is -2.07. The molecule has 0 radical (unpaired) electrons. The van der Waals surface area contributed by atoms with Gasteiger partial charge in [0, 0.05) is 12.6 Å². The molecule has 1 aromatic heterocycles. The molecule has 0 atom stereocenters. The number of aromatic carboxylic acids is 1. The van der Waals surface area contributed by atoms with Crippen LogP contribution < -0.4 is 10.6 Å². The Hall–Kier alpha value is -2.97. The summed E-state index contributed by atoms with van der Waals surface area (Å²) in [5.41, 5.74) is -0.345. The van der Waals surface area contributed by atoms with Gasteiger partial charge in [-0.25, -0.2) is 14.0 Å². The smallest absolute Gasteiger partial charge is 0.338 e. The number of benzene rings is 1. The molecular formula is C12H11FN4O4. The summed E-state index contributed by atoms with van der Waals surface area (Å²) >= 11 is 0. The van der Waals surface area contributed by atoms with E-state index < -0.39 is 23.4 Å². The molecule has 1 heterocycles. The van der Waals surface area contributed by atoms with E-state index in [4.69, 9.17) is 9.63 Å². The zero-order chi connectivity index (χ0) is 15.4. The first kappa shape index (κ1) is 14.4. The molecule has 2 rings (SSSR count). The average molecular weight is 294 g/mol. The topological polar surface area (TPSA) is 117 Å². The van der Waals surface area contributed by atoms with Crippen molar-refractivity contribution in [3.8, 4) is 0 Å². The van der Waals surface area contributed by atoms with Crippen LogP contribution in [0.1, 0.15) is 22.1 Å². The van der Waals surface area contributed by atoms with Crippen LogP contribution in [0.4, 0.5) is 14.9 Å². The molecule has 9 heteroatoms. The van der Waals surface area contributed by atoms with E-state index in [9.17, 15) is 14.0 Å². The van der Waals surface area contributed by atoms with Crippen molar-refractivity contribution in [2.75, 3.05) is 5.32 Å². The molecule has 2 aromatic rings. The maximum atomic E-state index is 13.4. The SMILES string of the molecule is Cc1nc(CNC(=O)Nc2ccc(C(=O)O)c(F)c2)no1. The van der Waals surface area contributed by atoms with Gasteiger partial charge in [0.25, 0.3) is 0 Å². The zero-order valence-electron chi connectivity index (χ0n) is 10.9. The maximum Gasteiger partial charge on any atom is 0.338 e. The average Bonchev–Trinajstić information content (AvgIpc) is 2.82. The largest absolute Gasteiger partial charge is 0.478 e. The van der Waals surface area contributed by atoms with E-state index in [0.717, 1.165) is 12.1 Å². The van der Waals surface area contributed by atoms with Gasteiger partial charge in [-0.05, 0) is 18.2 Å². The summed E-state index contributed by atoms with van der Waals surface area (Å²) in [6, 6.07) is 2.65. The molecule has 0 aliphatic heterocycles. The molecule has 0 aliphatic rings. The highest BCUT2D eigenvalue weighted by atomic mass is 19.1. The summed E-state index contributed by atoms with van der Waals surface area (Å²) in [5.74, 6) is -1.64. The van der Waals surface area contributed by atoms with Crippen LogP contribution >= 0.6 is 0 Å². The van der Waals surface area contributed by atoms with Crippen molar-refractivity contribution in [2.24, 2.45) is 0 Å². The number of aryl methyl sites for hydroxylation is 1. The Kier molecular flexibility index (Phi) is 4.12. The highest BCUT2D eigenvalue weighted by molar-refractivity contribution is 5.91. The van der Waals surface area contributed by atoms with Gasteiger partial charge >= 0.3 is 12.0 Å². The van der Waals surface area contributed by atoms with Crippen LogP contribution in [0.15, 0.2) is 22.7 Å². The number of nitrogens with zero attached hydrogens (tertiary/aromatic N) is 2. The molecule has 0 saturated heterocycles. The minimum absolute atomic E-state index is 0.0405. The number of carbonyl (C=O) groups is 2. The van der Waals surface area contributed by atoms with E-state index in [-0.39, 0.29) is 12.2 Å². The second-order valence-electron chi connectivity index (χ2n) is 4.04. The van der Waals surface area contributed by atoms with Gasteiger partial charge in [0.15, 0.2) is 5.82 Å². The van der Waals surface area contributed by atoms with Crippen LogP contribution in [0.5, 0.6) is 0 Å². The third-order valence-corrected chi connectivity index (χ3v) is 2.43. The van der Waals surface area contributed by atoms with Crippen LogP contribution in [0.25, 0.3) is 0 Å². The van der Waals surface area contributed by atoms with Gasteiger partial charge in [-0.3, -0.25) is 0 Å². The van der Waals surface area contributed by atoms with Crippen molar-refractivity contribution in [1.29, 1.82) is 0 Å². The Bertz CT molecular complexity index is 686. The van der Waals surface area contributed by atoms with Gasteiger partial charge in [0.2, 0.25) is 5.89 Å². The van der Waals surface area contributed by atoms with Crippen LogP contribution in [-0.4, -0.2) is 27.2 Å². The highest BCUT2D eigenvalue weighted by Gasteiger charge is 2.12. The summed E-state index contributed by atoms with van der Waals surface area (Å²) in [7, 11) is 0. The number of nitrogens with one attached hydrogen (secondary N) is 2. The zero-order valence-corrected chi connectivity index (χ0v) is 10.9. The van der Waals surface area contributed by atoms with E-state index >= 15 is 0 Å². The molecule has 0 saturated carbocycles. The number of hydrogen-bond acceptors (Lipinski definition) is 5. The van der Waals surface area contributed by atoms with Gasteiger partial charge in [-0.1, -0.05) is 5.16 Å². The third-order valence-electron chi connectivity index (χ3n) is 2.43. The molecule has 0 bridgehead atoms. The fraction of sp³-hybridized carbons (Fsp3) is 0.167. The predicted molar refractivity (Wildman–Crippen MR) is 68.3 cm³/mol. The van der Waals surface area contributed by atoms with Crippen LogP contribution in [0, 0.1) is 12.7 Å². The first-order valence-electron chi connectivity index (χ1n) is 5.82. The molecule has 21 heavy (non-hydrogen) atoms. The molecule has 110 valence electrons. The van der Waals surface area contributed by atoms with E-state index in [1.165, 1.54) is 6.07 Å². The number of halogens is 1. The number of anilines is 1. The summed E-state index contributed by atoms with van der Waals surface area (Å²) in [4.78, 5) is 26.1. The van der Waals surface area contributed by atoms with E-state index in [0.29, 0.717) is 11.7 Å². The Morgan fingerprint density at radius 2 is 2.19 bits per heavy atom. The molecule has 2 amide bonds. The fourth-order valence-corrected chi connectivity index (χ4v) is 1.51. The molecule has 0 unspecified atom stereocenters. The first-order valence-corrected chi connectivity index (χ1v) is 5.82.